The van der Waals surface area contributed by atoms with Crippen LogP contribution in [0.3, 0.4) is 0 Å². The molecule has 0 saturated carbocycles. The van der Waals surface area contributed by atoms with Gasteiger partial charge in [-0.05, 0) is 12.2 Å². The van der Waals surface area contributed by atoms with Gasteiger partial charge in [0.1, 0.15) is 0 Å². The summed E-state index contributed by atoms with van der Waals surface area (Å²) < 4.78 is 0. The van der Waals surface area contributed by atoms with Gasteiger partial charge in [-0.25, -0.2) is 0 Å². The average Bonchev–Trinajstić information content (AvgIpc) is 2.42. The zero-order valence-corrected chi connectivity index (χ0v) is 7.72. The third kappa shape index (κ3) is 3.26. The first-order chi connectivity index (χ1) is 6.70. The van der Waals surface area contributed by atoms with E-state index in [1.54, 1.807) is 0 Å². The summed E-state index contributed by atoms with van der Waals surface area (Å²) >= 11 is 0. The van der Waals surface area contributed by atoms with Crippen molar-refractivity contribution < 1.29 is 9.59 Å². The number of Topliss-reactive ketones (excluding diaryl/α,β-unsaturated/α-hetero) is 1. The van der Waals surface area contributed by atoms with Crippen molar-refractivity contribution in [2.45, 2.75) is 6.42 Å². The molecule has 74 valence electrons. The number of amides is 1. The van der Waals surface area contributed by atoms with Crippen LogP contribution in [0.1, 0.15) is 6.42 Å². The van der Waals surface area contributed by atoms with Crippen LogP contribution in [0, 0.1) is 0 Å². The summed E-state index contributed by atoms with van der Waals surface area (Å²) in [5.74, 6) is -1.41. The molecule has 1 aliphatic heterocycles. The highest BCUT2D eigenvalue weighted by atomic mass is 16.2. The van der Waals surface area contributed by atoms with Gasteiger partial charge in [0.25, 0.3) is 5.91 Å². The van der Waals surface area contributed by atoms with E-state index in [4.69, 9.17) is 5.73 Å². The van der Waals surface area contributed by atoms with E-state index in [0.717, 1.165) is 0 Å². The van der Waals surface area contributed by atoms with Gasteiger partial charge in [0.15, 0.2) is 0 Å². The minimum absolute atomic E-state index is 0.143. The second-order valence-electron chi connectivity index (χ2n) is 2.84. The highest BCUT2D eigenvalue weighted by Crippen LogP contribution is 1.99. The largest absolute Gasteiger partial charge is 0.363 e. The standard InChI is InChI=1S/C10H12N2O2/c11-10(14)9(13)5-8-12-6-3-1-2-4-7-12/h1-4,6-7H,5,8H2,(H2,11,14). The summed E-state index contributed by atoms with van der Waals surface area (Å²) in [7, 11) is 0. The van der Waals surface area contributed by atoms with Crippen LogP contribution in [0.2, 0.25) is 0 Å². The molecule has 0 aliphatic carbocycles. The van der Waals surface area contributed by atoms with E-state index in [1.807, 2.05) is 41.6 Å². The molecule has 1 heterocycles. The molecule has 0 aromatic heterocycles. The Kier molecular flexibility index (Phi) is 3.67. The molecule has 14 heavy (non-hydrogen) atoms. The van der Waals surface area contributed by atoms with E-state index in [9.17, 15) is 9.59 Å². The molecule has 0 fully saturated rings. The first kappa shape index (κ1) is 10.2. The smallest absolute Gasteiger partial charge is 0.284 e. The van der Waals surface area contributed by atoms with Gasteiger partial charge >= 0.3 is 0 Å². The second-order valence-corrected chi connectivity index (χ2v) is 2.84. The third-order valence-electron chi connectivity index (χ3n) is 1.76. The maximum atomic E-state index is 10.9. The van der Waals surface area contributed by atoms with Crippen molar-refractivity contribution in [3.63, 3.8) is 0 Å². The van der Waals surface area contributed by atoms with Gasteiger partial charge in [0.05, 0.1) is 0 Å². The van der Waals surface area contributed by atoms with Gasteiger partial charge in [0.2, 0.25) is 5.78 Å². The number of nitrogens with zero attached hydrogens (tertiary/aromatic N) is 1. The van der Waals surface area contributed by atoms with Crippen molar-refractivity contribution >= 4 is 11.7 Å². The van der Waals surface area contributed by atoms with Crippen molar-refractivity contribution in [3.05, 3.63) is 36.7 Å². The lowest BCUT2D eigenvalue weighted by molar-refractivity contribution is -0.136. The van der Waals surface area contributed by atoms with Crippen molar-refractivity contribution in [3.8, 4) is 0 Å². The molecule has 4 nitrogen and oxygen atoms in total. The van der Waals surface area contributed by atoms with Crippen molar-refractivity contribution in [1.29, 1.82) is 0 Å². The Bertz CT molecular complexity index is 300. The van der Waals surface area contributed by atoms with E-state index >= 15 is 0 Å². The maximum absolute atomic E-state index is 10.9. The van der Waals surface area contributed by atoms with E-state index in [1.165, 1.54) is 0 Å². The third-order valence-corrected chi connectivity index (χ3v) is 1.76. The minimum Gasteiger partial charge on any atom is -0.363 e. The number of hydrogen-bond acceptors (Lipinski definition) is 3. The Balaban J connectivity index is 2.38. The van der Waals surface area contributed by atoms with Crippen molar-refractivity contribution in [1.82, 2.24) is 4.90 Å². The molecular formula is C10H12N2O2. The quantitative estimate of drug-likeness (QED) is 0.653. The number of primary amides is 1. The zero-order chi connectivity index (χ0) is 10.4. The van der Waals surface area contributed by atoms with E-state index in [-0.39, 0.29) is 6.42 Å². The summed E-state index contributed by atoms with van der Waals surface area (Å²) in [5.41, 5.74) is 4.83. The molecule has 0 radical (unpaired) electrons. The minimum atomic E-state index is -0.870. The van der Waals surface area contributed by atoms with Crippen LogP contribution in [0.25, 0.3) is 0 Å². The van der Waals surface area contributed by atoms with Crippen LogP contribution < -0.4 is 5.73 Å². The van der Waals surface area contributed by atoms with Crippen LogP contribution in [-0.2, 0) is 9.59 Å². The highest BCUT2D eigenvalue weighted by Gasteiger charge is 2.09. The lowest BCUT2D eigenvalue weighted by Crippen LogP contribution is -2.26. The van der Waals surface area contributed by atoms with E-state index in [2.05, 4.69) is 0 Å². The van der Waals surface area contributed by atoms with Crippen LogP contribution >= 0.6 is 0 Å². The van der Waals surface area contributed by atoms with Crippen LogP contribution in [0.5, 0.6) is 0 Å². The highest BCUT2D eigenvalue weighted by molar-refractivity contribution is 6.35. The van der Waals surface area contributed by atoms with Gasteiger partial charge in [-0.3, -0.25) is 9.59 Å². The molecule has 1 amide bonds. The number of carbonyl (C=O) groups is 2. The molecule has 1 aliphatic rings. The Morgan fingerprint density at radius 1 is 1.07 bits per heavy atom. The average molecular weight is 192 g/mol. The number of nitrogens with two attached hydrogens (primary N) is 1. The SMILES string of the molecule is NC(=O)C(=O)CCN1C=CC=CC=C1. The Morgan fingerprint density at radius 2 is 1.64 bits per heavy atom. The number of carbonyl (C=O) groups excluding carboxylic acids is 2. The number of allylic oxidation sites excluding steroid dienone is 4. The molecule has 2 N–H and O–H groups in total. The van der Waals surface area contributed by atoms with E-state index < -0.39 is 11.7 Å². The first-order valence-corrected chi connectivity index (χ1v) is 4.30. The summed E-state index contributed by atoms with van der Waals surface area (Å²) in [6.07, 6.45) is 11.3. The van der Waals surface area contributed by atoms with Gasteiger partial charge in [-0.1, -0.05) is 12.2 Å². The Morgan fingerprint density at radius 3 is 2.14 bits per heavy atom. The molecule has 0 atom stereocenters. The Hall–Kier alpha value is -1.84. The summed E-state index contributed by atoms with van der Waals surface area (Å²) in [4.78, 5) is 23.2. The molecule has 0 bridgehead atoms. The van der Waals surface area contributed by atoms with Crippen LogP contribution in [-0.4, -0.2) is 23.1 Å². The van der Waals surface area contributed by atoms with Gasteiger partial charge < -0.3 is 10.6 Å². The summed E-state index contributed by atoms with van der Waals surface area (Å²) in [6.45, 7) is 0.469. The monoisotopic (exact) mass is 192 g/mol. The first-order valence-electron chi connectivity index (χ1n) is 4.30. The fraction of sp³-hybridized carbons (Fsp3) is 0.200. The zero-order valence-electron chi connectivity index (χ0n) is 7.72. The van der Waals surface area contributed by atoms with Gasteiger partial charge in [-0.2, -0.15) is 0 Å². The van der Waals surface area contributed by atoms with Gasteiger partial charge in [0, 0.05) is 25.4 Å². The lowest BCUT2D eigenvalue weighted by atomic mass is 10.2. The van der Waals surface area contributed by atoms with Crippen LogP contribution in [0.4, 0.5) is 0 Å². The fourth-order valence-corrected chi connectivity index (χ4v) is 1.00. The van der Waals surface area contributed by atoms with E-state index in [0.29, 0.717) is 6.54 Å². The second kappa shape index (κ2) is 5.01. The van der Waals surface area contributed by atoms with Crippen LogP contribution in [0.15, 0.2) is 36.7 Å². The molecule has 0 unspecified atom stereocenters. The van der Waals surface area contributed by atoms with Gasteiger partial charge in [-0.15, -0.1) is 0 Å². The molecule has 4 heteroatoms. The Labute approximate surface area is 82.4 Å². The van der Waals surface area contributed by atoms with Crippen molar-refractivity contribution in [2.75, 3.05) is 6.54 Å². The number of ketones is 1. The molecular weight excluding hydrogens is 180 g/mol. The summed E-state index contributed by atoms with van der Waals surface area (Å²) in [6, 6.07) is 0. The molecule has 1 rings (SSSR count). The number of rotatable bonds is 4. The molecule has 0 aromatic carbocycles. The predicted molar refractivity (Wildman–Crippen MR) is 52.9 cm³/mol. The predicted octanol–water partition coefficient (Wildman–Crippen LogP) is 0.330. The summed E-state index contributed by atoms with van der Waals surface area (Å²) in [5, 5.41) is 0. The molecule has 0 saturated heterocycles. The molecule has 0 spiro atoms. The molecule has 0 aromatic rings. The lowest BCUT2D eigenvalue weighted by Gasteiger charge is -2.12. The topological polar surface area (TPSA) is 63.4 Å². The van der Waals surface area contributed by atoms with Crippen molar-refractivity contribution in [2.24, 2.45) is 5.73 Å². The number of hydrogen-bond donors (Lipinski definition) is 1. The normalized spacial score (nSPS) is 14.1. The maximum Gasteiger partial charge on any atom is 0.284 e. The fourth-order valence-electron chi connectivity index (χ4n) is 1.00.